The van der Waals surface area contributed by atoms with E-state index >= 15 is 0 Å². The Labute approximate surface area is 150 Å². The summed E-state index contributed by atoms with van der Waals surface area (Å²) in [6.45, 7) is 0.411. The molecule has 1 N–H and O–H groups in total. The molecule has 2 aromatic rings. The highest BCUT2D eigenvalue weighted by molar-refractivity contribution is 7.88. The van der Waals surface area contributed by atoms with Gasteiger partial charge in [-0.3, -0.25) is 4.79 Å². The summed E-state index contributed by atoms with van der Waals surface area (Å²) in [5.41, 5.74) is 1.01. The first-order valence-corrected chi connectivity index (χ1v) is 9.63. The zero-order chi connectivity index (χ0) is 18.0. The Morgan fingerprint density at radius 2 is 1.76 bits per heavy atom. The summed E-state index contributed by atoms with van der Waals surface area (Å²) in [4.78, 5) is 12.3. The normalized spacial score (nSPS) is 18.8. The van der Waals surface area contributed by atoms with Crippen molar-refractivity contribution in [2.45, 2.75) is 11.8 Å². The third-order valence-corrected chi connectivity index (χ3v) is 6.03. The van der Waals surface area contributed by atoms with Crippen molar-refractivity contribution < 1.29 is 17.6 Å². The van der Waals surface area contributed by atoms with Crippen molar-refractivity contribution in [3.63, 3.8) is 0 Å². The Hall–Kier alpha value is -1.96. The second kappa shape index (κ2) is 7.11. The van der Waals surface area contributed by atoms with E-state index in [1.54, 1.807) is 24.3 Å². The summed E-state index contributed by atoms with van der Waals surface area (Å²) in [5.74, 6) is -1.11. The minimum Gasteiger partial charge on any atom is -0.353 e. The van der Waals surface area contributed by atoms with E-state index < -0.39 is 21.9 Å². The molecule has 0 radical (unpaired) electrons. The van der Waals surface area contributed by atoms with E-state index in [1.807, 2.05) is 0 Å². The fourth-order valence-corrected chi connectivity index (χ4v) is 4.60. The average Bonchev–Trinajstić information content (AvgIpc) is 2.57. The predicted octanol–water partition coefficient (Wildman–Crippen LogP) is 2.48. The van der Waals surface area contributed by atoms with Gasteiger partial charge in [-0.1, -0.05) is 35.9 Å². The Bertz CT molecular complexity index is 870. The molecule has 0 saturated carbocycles. The maximum Gasteiger partial charge on any atom is 0.243 e. The summed E-state index contributed by atoms with van der Waals surface area (Å²) in [5, 5.41) is 3.19. The third kappa shape index (κ3) is 4.00. The Kier molecular flexibility index (Phi) is 5.08. The SMILES string of the molecule is O=C1NCCN(S(=O)(=O)Cc2ccc(F)cc2)C1c1ccc(Cl)cc1. The van der Waals surface area contributed by atoms with Gasteiger partial charge in [-0.15, -0.1) is 0 Å². The van der Waals surface area contributed by atoms with E-state index in [2.05, 4.69) is 5.32 Å². The van der Waals surface area contributed by atoms with Crippen LogP contribution in [0.25, 0.3) is 0 Å². The molecule has 1 unspecified atom stereocenters. The van der Waals surface area contributed by atoms with Crippen molar-refractivity contribution >= 4 is 27.5 Å². The van der Waals surface area contributed by atoms with Crippen LogP contribution in [0.1, 0.15) is 17.2 Å². The molecule has 3 rings (SSSR count). The largest absolute Gasteiger partial charge is 0.353 e. The lowest BCUT2D eigenvalue weighted by Gasteiger charge is -2.34. The standard InChI is InChI=1S/C17H16ClFN2O3S/c18-14-5-3-13(4-6-14)16-17(22)20-9-10-21(16)25(23,24)11-12-1-7-15(19)8-2-12/h1-8,16H,9-11H2,(H,20,22). The fraction of sp³-hybridized carbons (Fsp3) is 0.235. The van der Waals surface area contributed by atoms with E-state index in [4.69, 9.17) is 11.6 Å². The van der Waals surface area contributed by atoms with Gasteiger partial charge in [0.25, 0.3) is 0 Å². The molecule has 0 aliphatic carbocycles. The highest BCUT2D eigenvalue weighted by Gasteiger charge is 2.38. The number of amides is 1. The lowest BCUT2D eigenvalue weighted by molar-refractivity contribution is -0.126. The molecule has 25 heavy (non-hydrogen) atoms. The van der Waals surface area contributed by atoms with E-state index in [0.29, 0.717) is 16.1 Å². The summed E-state index contributed by atoms with van der Waals surface area (Å²) in [6, 6.07) is 10.8. The van der Waals surface area contributed by atoms with Crippen LogP contribution in [-0.2, 0) is 20.6 Å². The molecule has 1 atom stereocenters. The minimum atomic E-state index is -3.77. The molecule has 1 fully saturated rings. The van der Waals surface area contributed by atoms with Crippen molar-refractivity contribution in [1.29, 1.82) is 0 Å². The number of carbonyl (C=O) groups excluding carboxylic acids is 1. The van der Waals surface area contributed by atoms with Gasteiger partial charge in [0.05, 0.1) is 5.75 Å². The van der Waals surface area contributed by atoms with E-state index in [0.717, 1.165) is 0 Å². The molecule has 8 heteroatoms. The zero-order valence-electron chi connectivity index (χ0n) is 13.2. The average molecular weight is 383 g/mol. The van der Waals surface area contributed by atoms with Crippen molar-refractivity contribution in [1.82, 2.24) is 9.62 Å². The van der Waals surface area contributed by atoms with Gasteiger partial charge < -0.3 is 5.32 Å². The van der Waals surface area contributed by atoms with Gasteiger partial charge in [-0.25, -0.2) is 12.8 Å². The number of halogens is 2. The van der Waals surface area contributed by atoms with Crippen molar-refractivity contribution in [2.75, 3.05) is 13.1 Å². The van der Waals surface area contributed by atoms with Gasteiger partial charge in [0.15, 0.2) is 0 Å². The highest BCUT2D eigenvalue weighted by atomic mass is 35.5. The third-order valence-electron chi connectivity index (χ3n) is 3.97. The summed E-state index contributed by atoms with van der Waals surface area (Å²) < 4.78 is 39.9. The van der Waals surface area contributed by atoms with Crippen LogP contribution in [0.5, 0.6) is 0 Å². The van der Waals surface area contributed by atoms with Crippen molar-refractivity contribution in [3.05, 3.63) is 70.5 Å². The Morgan fingerprint density at radius 3 is 2.40 bits per heavy atom. The van der Waals surface area contributed by atoms with Crippen LogP contribution in [-0.4, -0.2) is 31.7 Å². The number of carbonyl (C=O) groups is 1. The van der Waals surface area contributed by atoms with Crippen LogP contribution in [0.2, 0.25) is 5.02 Å². The second-order valence-corrected chi connectivity index (χ2v) is 8.10. The van der Waals surface area contributed by atoms with Gasteiger partial charge in [-0.05, 0) is 35.4 Å². The highest BCUT2D eigenvalue weighted by Crippen LogP contribution is 2.28. The molecular formula is C17H16ClFN2O3S. The first-order chi connectivity index (χ1) is 11.9. The number of nitrogens with zero attached hydrogens (tertiary/aromatic N) is 1. The van der Waals surface area contributed by atoms with Crippen molar-refractivity contribution in [3.8, 4) is 0 Å². The van der Waals surface area contributed by atoms with Crippen LogP contribution >= 0.6 is 11.6 Å². The molecule has 1 aliphatic rings. The molecule has 0 aromatic heterocycles. The molecular weight excluding hydrogens is 367 g/mol. The number of sulfonamides is 1. The van der Waals surface area contributed by atoms with Crippen LogP contribution in [0, 0.1) is 5.82 Å². The molecule has 1 heterocycles. The molecule has 0 bridgehead atoms. The zero-order valence-corrected chi connectivity index (χ0v) is 14.7. The van der Waals surface area contributed by atoms with E-state index in [-0.39, 0.29) is 24.7 Å². The maximum absolute atomic E-state index is 13.0. The van der Waals surface area contributed by atoms with Gasteiger partial charge in [0, 0.05) is 18.1 Å². The van der Waals surface area contributed by atoms with E-state index in [9.17, 15) is 17.6 Å². The molecule has 1 saturated heterocycles. The summed E-state index contributed by atoms with van der Waals surface area (Å²) >= 11 is 5.87. The molecule has 1 amide bonds. The lowest BCUT2D eigenvalue weighted by Crippen LogP contribution is -2.52. The smallest absolute Gasteiger partial charge is 0.243 e. The molecule has 1 aliphatic heterocycles. The number of hydrogen-bond acceptors (Lipinski definition) is 3. The topological polar surface area (TPSA) is 66.5 Å². The molecule has 5 nitrogen and oxygen atoms in total. The minimum absolute atomic E-state index is 0.169. The molecule has 2 aromatic carbocycles. The number of piperazine rings is 1. The van der Waals surface area contributed by atoms with Crippen LogP contribution in [0.4, 0.5) is 4.39 Å². The fourth-order valence-electron chi connectivity index (χ4n) is 2.78. The van der Waals surface area contributed by atoms with Crippen LogP contribution in [0.15, 0.2) is 48.5 Å². The van der Waals surface area contributed by atoms with Crippen LogP contribution in [0.3, 0.4) is 0 Å². The number of nitrogens with one attached hydrogen (secondary N) is 1. The van der Waals surface area contributed by atoms with Gasteiger partial charge in [-0.2, -0.15) is 4.31 Å². The number of rotatable bonds is 4. The van der Waals surface area contributed by atoms with Crippen molar-refractivity contribution in [2.24, 2.45) is 0 Å². The van der Waals surface area contributed by atoms with Gasteiger partial charge in [0.1, 0.15) is 11.9 Å². The second-order valence-electron chi connectivity index (χ2n) is 5.74. The number of hydrogen-bond donors (Lipinski definition) is 1. The Balaban J connectivity index is 1.92. The first-order valence-electron chi connectivity index (χ1n) is 7.64. The Morgan fingerprint density at radius 1 is 1.12 bits per heavy atom. The van der Waals surface area contributed by atoms with Gasteiger partial charge in [0.2, 0.25) is 15.9 Å². The van der Waals surface area contributed by atoms with Crippen LogP contribution < -0.4 is 5.32 Å². The summed E-state index contributed by atoms with van der Waals surface area (Å²) in [6.07, 6.45) is 0. The maximum atomic E-state index is 13.0. The molecule has 0 spiro atoms. The quantitative estimate of drug-likeness (QED) is 0.883. The monoisotopic (exact) mass is 382 g/mol. The van der Waals surface area contributed by atoms with Gasteiger partial charge >= 0.3 is 0 Å². The van der Waals surface area contributed by atoms with E-state index in [1.165, 1.54) is 28.6 Å². The predicted molar refractivity (Wildman–Crippen MR) is 92.9 cm³/mol. The molecule has 132 valence electrons. The first kappa shape index (κ1) is 17.8. The summed E-state index contributed by atoms with van der Waals surface area (Å²) in [7, 11) is -3.77. The lowest BCUT2D eigenvalue weighted by atomic mass is 10.1. The number of benzene rings is 2.